The molecule has 0 aliphatic rings. The van der Waals surface area contributed by atoms with Gasteiger partial charge in [-0.3, -0.25) is 0 Å². The van der Waals surface area contributed by atoms with Crippen LogP contribution in [0.3, 0.4) is 0 Å². The van der Waals surface area contributed by atoms with Crippen molar-refractivity contribution in [2.45, 2.75) is 41.5 Å². The van der Waals surface area contributed by atoms with E-state index in [2.05, 4.69) is 4.98 Å². The van der Waals surface area contributed by atoms with Crippen LogP contribution in [0, 0.1) is 13.8 Å². The monoisotopic (exact) mass is 248 g/mol. The highest BCUT2D eigenvalue weighted by atomic mass is 16.3. The van der Waals surface area contributed by atoms with Crippen LogP contribution in [-0.4, -0.2) is 10.1 Å². The molecule has 0 radical (unpaired) electrons. The molecule has 0 amide bonds. The van der Waals surface area contributed by atoms with E-state index in [1.165, 1.54) is 0 Å². The van der Waals surface area contributed by atoms with Crippen LogP contribution in [0.25, 0.3) is 10.9 Å². The first kappa shape index (κ1) is 16.2. The molecular formula is C15H24N2O. The summed E-state index contributed by atoms with van der Waals surface area (Å²) in [6, 6.07) is 5.56. The molecule has 0 atom stereocenters. The van der Waals surface area contributed by atoms with Crippen molar-refractivity contribution in [1.82, 2.24) is 4.98 Å². The number of anilines is 1. The Balaban J connectivity index is 0.000000659. The van der Waals surface area contributed by atoms with Crippen LogP contribution < -0.4 is 5.73 Å². The fourth-order valence-corrected chi connectivity index (χ4v) is 1.63. The summed E-state index contributed by atoms with van der Waals surface area (Å²) in [5.41, 5.74) is 8.08. The summed E-state index contributed by atoms with van der Waals surface area (Å²) in [6.45, 7) is 11.8. The number of aryl methyl sites for hydroxylation is 2. The van der Waals surface area contributed by atoms with E-state index >= 15 is 0 Å². The van der Waals surface area contributed by atoms with Gasteiger partial charge in [0.1, 0.15) is 17.1 Å². The Hall–Kier alpha value is -1.77. The lowest BCUT2D eigenvalue weighted by Crippen LogP contribution is -1.92. The number of phenols is 1. The van der Waals surface area contributed by atoms with Crippen molar-refractivity contribution in [2.75, 3.05) is 5.73 Å². The minimum absolute atomic E-state index is 0.220. The number of nitrogen functional groups attached to an aromatic ring is 1. The van der Waals surface area contributed by atoms with Gasteiger partial charge in [0.2, 0.25) is 0 Å². The molecule has 0 aliphatic carbocycles. The van der Waals surface area contributed by atoms with Gasteiger partial charge in [-0.2, -0.15) is 0 Å². The van der Waals surface area contributed by atoms with Gasteiger partial charge in [0.25, 0.3) is 0 Å². The molecule has 3 N–H and O–H groups in total. The number of aromatic hydroxyl groups is 1. The lowest BCUT2D eigenvalue weighted by atomic mass is 10.1. The number of benzene rings is 1. The van der Waals surface area contributed by atoms with Crippen LogP contribution in [0.1, 0.15) is 38.8 Å². The van der Waals surface area contributed by atoms with E-state index in [0.29, 0.717) is 11.3 Å². The Morgan fingerprint density at radius 2 is 1.56 bits per heavy atom. The van der Waals surface area contributed by atoms with Crippen LogP contribution in [0.2, 0.25) is 0 Å². The van der Waals surface area contributed by atoms with Crippen LogP contribution >= 0.6 is 0 Å². The molecule has 1 heterocycles. The zero-order valence-corrected chi connectivity index (χ0v) is 12.2. The second-order valence-electron chi connectivity index (χ2n) is 3.49. The van der Waals surface area contributed by atoms with Gasteiger partial charge in [-0.25, -0.2) is 4.98 Å². The average molecular weight is 248 g/mol. The summed E-state index contributed by atoms with van der Waals surface area (Å²) in [5.74, 6) is 0.649. The quantitative estimate of drug-likeness (QED) is 0.734. The molecule has 0 fully saturated rings. The van der Waals surface area contributed by atoms with E-state index in [-0.39, 0.29) is 5.75 Å². The Kier molecular flexibility index (Phi) is 6.79. The minimum Gasteiger partial charge on any atom is -0.505 e. The van der Waals surface area contributed by atoms with Gasteiger partial charge in [0, 0.05) is 5.39 Å². The molecule has 18 heavy (non-hydrogen) atoms. The number of aromatic nitrogens is 1. The summed E-state index contributed by atoms with van der Waals surface area (Å²) in [7, 11) is 0. The second-order valence-corrected chi connectivity index (χ2v) is 3.49. The van der Waals surface area contributed by atoms with Gasteiger partial charge < -0.3 is 10.8 Å². The standard InChI is InChI=1S/C11H12N2O.2C2H6/c1-6-5-7(2)11(14)10-8(6)3-4-9(12)13-10;2*1-2/h3-5,14H,1-2H3,(H2,12,13);2*1-2H3. The van der Waals surface area contributed by atoms with Crippen molar-refractivity contribution in [3.05, 3.63) is 29.3 Å². The number of phenolic OH excluding ortho intramolecular Hbond substituents is 1. The molecule has 100 valence electrons. The highest BCUT2D eigenvalue weighted by molar-refractivity contribution is 5.89. The topological polar surface area (TPSA) is 59.1 Å². The summed E-state index contributed by atoms with van der Waals surface area (Å²) in [4.78, 5) is 4.12. The van der Waals surface area contributed by atoms with E-state index < -0.39 is 0 Å². The lowest BCUT2D eigenvalue weighted by molar-refractivity contribution is 0.476. The van der Waals surface area contributed by atoms with E-state index in [0.717, 1.165) is 16.5 Å². The van der Waals surface area contributed by atoms with Crippen molar-refractivity contribution >= 4 is 16.7 Å². The third-order valence-corrected chi connectivity index (χ3v) is 2.37. The molecule has 2 rings (SSSR count). The smallest absolute Gasteiger partial charge is 0.144 e. The third kappa shape index (κ3) is 3.36. The Bertz CT molecular complexity index is 507. The van der Waals surface area contributed by atoms with Gasteiger partial charge in [-0.15, -0.1) is 0 Å². The Morgan fingerprint density at radius 3 is 2.11 bits per heavy atom. The van der Waals surface area contributed by atoms with E-state index in [9.17, 15) is 5.11 Å². The number of hydrogen-bond donors (Lipinski definition) is 2. The summed E-state index contributed by atoms with van der Waals surface area (Å²) >= 11 is 0. The highest BCUT2D eigenvalue weighted by Gasteiger charge is 2.07. The number of pyridine rings is 1. The number of nitrogens with two attached hydrogens (primary N) is 1. The first-order chi connectivity index (χ1) is 8.59. The molecule has 0 saturated heterocycles. The number of rotatable bonds is 0. The van der Waals surface area contributed by atoms with E-state index in [1.54, 1.807) is 6.07 Å². The largest absolute Gasteiger partial charge is 0.505 e. The Morgan fingerprint density at radius 1 is 1.00 bits per heavy atom. The fraction of sp³-hybridized carbons (Fsp3) is 0.400. The fourth-order valence-electron chi connectivity index (χ4n) is 1.63. The maximum atomic E-state index is 9.79. The van der Waals surface area contributed by atoms with Gasteiger partial charge in [-0.1, -0.05) is 33.8 Å². The Labute approximate surface area is 110 Å². The van der Waals surface area contributed by atoms with Gasteiger partial charge in [0.05, 0.1) is 0 Å². The number of fused-ring (bicyclic) bond motifs is 1. The summed E-state index contributed by atoms with van der Waals surface area (Å²) < 4.78 is 0. The van der Waals surface area contributed by atoms with Crippen LogP contribution in [0.4, 0.5) is 5.82 Å². The molecule has 0 saturated carbocycles. The van der Waals surface area contributed by atoms with Crippen molar-refractivity contribution in [3.63, 3.8) is 0 Å². The van der Waals surface area contributed by atoms with Crippen LogP contribution in [-0.2, 0) is 0 Å². The second kappa shape index (κ2) is 7.54. The molecule has 0 aliphatic heterocycles. The maximum Gasteiger partial charge on any atom is 0.144 e. The van der Waals surface area contributed by atoms with Gasteiger partial charge in [-0.05, 0) is 37.1 Å². The molecule has 0 unspecified atom stereocenters. The zero-order chi connectivity index (χ0) is 14.3. The van der Waals surface area contributed by atoms with Crippen molar-refractivity contribution in [1.29, 1.82) is 0 Å². The lowest BCUT2D eigenvalue weighted by Gasteiger charge is -2.07. The predicted octanol–water partition coefficient (Wildman–Crippen LogP) is 4.19. The molecule has 3 heteroatoms. The first-order valence-electron chi connectivity index (χ1n) is 6.45. The molecule has 3 nitrogen and oxygen atoms in total. The molecular weight excluding hydrogens is 224 g/mol. The molecule has 1 aromatic carbocycles. The van der Waals surface area contributed by atoms with Gasteiger partial charge in [0.15, 0.2) is 0 Å². The normalized spacial score (nSPS) is 9.00. The van der Waals surface area contributed by atoms with E-state index in [4.69, 9.17) is 5.73 Å². The molecule has 0 spiro atoms. The average Bonchev–Trinajstić information content (AvgIpc) is 2.40. The van der Waals surface area contributed by atoms with Crippen molar-refractivity contribution < 1.29 is 5.11 Å². The molecule has 2 aromatic rings. The SMILES string of the molecule is CC.CC.Cc1cc(C)c2ccc(N)nc2c1O. The van der Waals surface area contributed by atoms with Crippen molar-refractivity contribution in [3.8, 4) is 5.75 Å². The van der Waals surface area contributed by atoms with Crippen LogP contribution in [0.15, 0.2) is 18.2 Å². The van der Waals surface area contributed by atoms with E-state index in [1.807, 2.05) is 53.7 Å². The molecule has 0 bridgehead atoms. The highest BCUT2D eigenvalue weighted by Crippen LogP contribution is 2.29. The number of nitrogens with zero attached hydrogens (tertiary/aromatic N) is 1. The maximum absolute atomic E-state index is 9.79. The number of hydrogen-bond acceptors (Lipinski definition) is 3. The minimum atomic E-state index is 0.220. The predicted molar refractivity (Wildman–Crippen MR) is 80.0 cm³/mol. The zero-order valence-electron chi connectivity index (χ0n) is 12.2. The third-order valence-electron chi connectivity index (χ3n) is 2.37. The first-order valence-corrected chi connectivity index (χ1v) is 6.45. The summed E-state index contributed by atoms with van der Waals surface area (Å²) in [6.07, 6.45) is 0. The van der Waals surface area contributed by atoms with Crippen LogP contribution in [0.5, 0.6) is 5.75 Å². The molecule has 1 aromatic heterocycles. The van der Waals surface area contributed by atoms with Gasteiger partial charge >= 0.3 is 0 Å². The van der Waals surface area contributed by atoms with Crippen molar-refractivity contribution in [2.24, 2.45) is 0 Å². The summed E-state index contributed by atoms with van der Waals surface area (Å²) in [5, 5.41) is 10.7.